The van der Waals surface area contributed by atoms with E-state index in [4.69, 9.17) is 9.47 Å². The zero-order valence-corrected chi connectivity index (χ0v) is 24.2. The molecule has 0 spiro atoms. The minimum atomic E-state index is -0.734. The summed E-state index contributed by atoms with van der Waals surface area (Å²) in [6.45, 7) is 0.965. The fourth-order valence-corrected chi connectivity index (χ4v) is 5.70. The zero-order chi connectivity index (χ0) is 29.6. The standard InChI is InChI=1S/C32H37N5O5/c1-34-22-30(38)36-26(18-23-10-6-4-7-11-23)31(39)35(17-16-24-14-15-27(41-2)28(19-24)42-3)21-29(36)37(34)32(40)33-20-25-12-8-5-9-13-25/h4-15,19,26,29H,16-18,20-22H2,1-3H3,(H,33,40). The highest BCUT2D eigenvalue weighted by molar-refractivity contribution is 5.91. The van der Waals surface area contributed by atoms with Crippen molar-refractivity contribution in [3.8, 4) is 11.5 Å². The number of carbonyl (C=O) groups excluding carboxylic acids is 3. The van der Waals surface area contributed by atoms with Crippen molar-refractivity contribution < 1.29 is 23.9 Å². The van der Waals surface area contributed by atoms with Gasteiger partial charge in [-0.25, -0.2) is 14.8 Å². The maximum Gasteiger partial charge on any atom is 0.334 e. The Bertz CT molecular complexity index is 1400. The Hall–Kier alpha value is -4.57. The molecule has 2 aliphatic rings. The number of rotatable bonds is 9. The lowest BCUT2D eigenvalue weighted by molar-refractivity contribution is -0.186. The van der Waals surface area contributed by atoms with Crippen molar-refractivity contribution in [1.82, 2.24) is 25.1 Å². The molecule has 2 atom stereocenters. The minimum Gasteiger partial charge on any atom is -0.493 e. The Labute approximate surface area is 246 Å². The number of benzene rings is 3. The van der Waals surface area contributed by atoms with Crippen molar-refractivity contribution in [3.63, 3.8) is 0 Å². The van der Waals surface area contributed by atoms with Gasteiger partial charge in [-0.05, 0) is 35.2 Å². The highest BCUT2D eigenvalue weighted by Gasteiger charge is 2.50. The summed E-state index contributed by atoms with van der Waals surface area (Å²) in [7, 11) is 4.91. The van der Waals surface area contributed by atoms with E-state index >= 15 is 0 Å². The van der Waals surface area contributed by atoms with Crippen LogP contribution < -0.4 is 14.8 Å². The fraction of sp³-hybridized carbons (Fsp3) is 0.344. The molecule has 0 saturated carbocycles. The number of nitrogens with one attached hydrogen (secondary N) is 1. The number of urea groups is 1. The lowest BCUT2D eigenvalue weighted by Gasteiger charge is -2.54. The molecular formula is C32H37N5O5. The van der Waals surface area contributed by atoms with Gasteiger partial charge in [-0.1, -0.05) is 66.7 Å². The second-order valence-electron chi connectivity index (χ2n) is 10.5. The first-order chi connectivity index (χ1) is 20.4. The molecule has 2 saturated heterocycles. The average molecular weight is 572 g/mol. The maximum atomic E-state index is 14.0. The summed E-state index contributed by atoms with van der Waals surface area (Å²) in [5.74, 6) is 0.949. The number of hydrogen-bond acceptors (Lipinski definition) is 6. The predicted octanol–water partition coefficient (Wildman–Crippen LogP) is 2.93. The molecule has 10 heteroatoms. The van der Waals surface area contributed by atoms with Crippen molar-refractivity contribution in [2.45, 2.75) is 31.6 Å². The summed E-state index contributed by atoms with van der Waals surface area (Å²) in [6.07, 6.45) is 0.280. The first-order valence-electron chi connectivity index (χ1n) is 14.1. The Morgan fingerprint density at radius 2 is 1.55 bits per heavy atom. The molecule has 3 aromatic carbocycles. The predicted molar refractivity (Wildman–Crippen MR) is 158 cm³/mol. The van der Waals surface area contributed by atoms with E-state index in [0.29, 0.717) is 37.4 Å². The number of amides is 4. The van der Waals surface area contributed by atoms with Gasteiger partial charge in [-0.2, -0.15) is 0 Å². The van der Waals surface area contributed by atoms with Gasteiger partial charge in [0.05, 0.1) is 27.3 Å². The monoisotopic (exact) mass is 571 g/mol. The van der Waals surface area contributed by atoms with Crippen molar-refractivity contribution in [2.24, 2.45) is 0 Å². The van der Waals surface area contributed by atoms with Crippen molar-refractivity contribution >= 4 is 17.8 Å². The van der Waals surface area contributed by atoms with Gasteiger partial charge in [0.1, 0.15) is 12.2 Å². The number of piperazine rings is 1. The number of nitrogens with zero attached hydrogens (tertiary/aromatic N) is 4. The third-order valence-electron chi connectivity index (χ3n) is 7.82. The summed E-state index contributed by atoms with van der Waals surface area (Å²) in [5.41, 5.74) is 2.90. The van der Waals surface area contributed by atoms with E-state index in [1.807, 2.05) is 78.9 Å². The molecule has 2 aliphatic heterocycles. The van der Waals surface area contributed by atoms with Crippen LogP contribution in [0.15, 0.2) is 78.9 Å². The van der Waals surface area contributed by atoms with Crippen LogP contribution in [-0.4, -0.2) is 90.8 Å². The lowest BCUT2D eigenvalue weighted by atomic mass is 9.98. The number of methoxy groups -OCH3 is 2. The SMILES string of the molecule is COc1ccc(CCN2CC3N(C(=O)CN(C)N3C(=O)NCc3ccccc3)C(Cc3ccccc3)C2=O)cc1OC. The van der Waals surface area contributed by atoms with E-state index in [1.165, 1.54) is 0 Å². The Morgan fingerprint density at radius 1 is 0.881 bits per heavy atom. The highest BCUT2D eigenvalue weighted by Crippen LogP contribution is 2.30. The van der Waals surface area contributed by atoms with Gasteiger partial charge in [0, 0.05) is 26.6 Å². The van der Waals surface area contributed by atoms with E-state index in [-0.39, 0.29) is 30.9 Å². The van der Waals surface area contributed by atoms with Gasteiger partial charge in [-0.15, -0.1) is 0 Å². The van der Waals surface area contributed by atoms with E-state index < -0.39 is 12.2 Å². The smallest absolute Gasteiger partial charge is 0.334 e. The number of ether oxygens (including phenoxy) is 2. The third-order valence-corrected chi connectivity index (χ3v) is 7.82. The lowest BCUT2D eigenvalue weighted by Crippen LogP contribution is -2.76. The van der Waals surface area contributed by atoms with Crippen molar-refractivity contribution in [2.75, 3.05) is 40.9 Å². The summed E-state index contributed by atoms with van der Waals surface area (Å²) < 4.78 is 10.8. The minimum absolute atomic E-state index is 0.000526. The molecule has 5 rings (SSSR count). The van der Waals surface area contributed by atoms with E-state index in [9.17, 15) is 14.4 Å². The number of likely N-dealkylation sites (N-methyl/N-ethyl adjacent to an activating group) is 1. The summed E-state index contributed by atoms with van der Waals surface area (Å²) in [4.78, 5) is 44.5. The molecule has 2 unspecified atom stereocenters. The molecule has 42 heavy (non-hydrogen) atoms. The molecule has 0 radical (unpaired) electrons. The third kappa shape index (κ3) is 6.18. The number of fused-ring (bicyclic) bond motifs is 1. The van der Waals surface area contributed by atoms with Gasteiger partial charge in [-0.3, -0.25) is 9.59 Å². The topological polar surface area (TPSA) is 94.7 Å². The summed E-state index contributed by atoms with van der Waals surface area (Å²) >= 11 is 0. The van der Waals surface area contributed by atoms with Gasteiger partial charge in [0.2, 0.25) is 11.8 Å². The molecule has 2 heterocycles. The maximum absolute atomic E-state index is 14.0. The van der Waals surface area contributed by atoms with Crippen LogP contribution in [0.4, 0.5) is 4.79 Å². The molecule has 4 amide bonds. The zero-order valence-electron chi connectivity index (χ0n) is 24.2. The van der Waals surface area contributed by atoms with Gasteiger partial charge >= 0.3 is 6.03 Å². The average Bonchev–Trinajstić information content (AvgIpc) is 3.01. The molecular weight excluding hydrogens is 534 g/mol. The quantitative estimate of drug-likeness (QED) is 0.425. The molecule has 220 valence electrons. The normalized spacial score (nSPS) is 19.0. The molecule has 1 N–H and O–H groups in total. The Kier molecular flexibility index (Phi) is 8.92. The molecule has 3 aromatic rings. The first kappa shape index (κ1) is 28.9. The van der Waals surface area contributed by atoms with Gasteiger partial charge < -0.3 is 24.6 Å². The van der Waals surface area contributed by atoms with E-state index in [1.54, 1.807) is 41.1 Å². The fourth-order valence-electron chi connectivity index (χ4n) is 5.70. The second kappa shape index (κ2) is 12.9. The second-order valence-corrected chi connectivity index (χ2v) is 10.5. The summed E-state index contributed by atoms with van der Waals surface area (Å²) in [6, 6.07) is 24.0. The molecule has 0 aliphatic carbocycles. The van der Waals surface area contributed by atoms with Crippen LogP contribution in [0.2, 0.25) is 0 Å². The van der Waals surface area contributed by atoms with E-state index in [2.05, 4.69) is 5.32 Å². The number of hydrazine groups is 1. The van der Waals surface area contributed by atoms with Crippen LogP contribution in [0.1, 0.15) is 16.7 Å². The van der Waals surface area contributed by atoms with E-state index in [0.717, 1.165) is 16.7 Å². The Morgan fingerprint density at radius 3 is 2.21 bits per heavy atom. The largest absolute Gasteiger partial charge is 0.493 e. The molecule has 2 fully saturated rings. The van der Waals surface area contributed by atoms with Crippen LogP contribution in [-0.2, 0) is 29.0 Å². The van der Waals surface area contributed by atoms with Crippen molar-refractivity contribution in [3.05, 3.63) is 95.6 Å². The van der Waals surface area contributed by atoms with Crippen LogP contribution in [0, 0.1) is 0 Å². The van der Waals surface area contributed by atoms with Crippen LogP contribution >= 0.6 is 0 Å². The molecule has 0 aromatic heterocycles. The summed E-state index contributed by atoms with van der Waals surface area (Å²) in [5, 5.41) is 6.22. The Balaban J connectivity index is 1.41. The van der Waals surface area contributed by atoms with Gasteiger partial charge in [0.25, 0.3) is 0 Å². The molecule has 10 nitrogen and oxygen atoms in total. The van der Waals surface area contributed by atoms with Crippen LogP contribution in [0.25, 0.3) is 0 Å². The number of carbonyl (C=O) groups is 3. The number of hydrogen-bond donors (Lipinski definition) is 1. The molecule has 0 bridgehead atoms. The first-order valence-corrected chi connectivity index (χ1v) is 14.1. The van der Waals surface area contributed by atoms with Crippen LogP contribution in [0.5, 0.6) is 11.5 Å². The van der Waals surface area contributed by atoms with Crippen molar-refractivity contribution in [1.29, 1.82) is 0 Å². The highest BCUT2D eigenvalue weighted by atomic mass is 16.5. The van der Waals surface area contributed by atoms with Crippen LogP contribution in [0.3, 0.4) is 0 Å². The van der Waals surface area contributed by atoms with Gasteiger partial charge in [0.15, 0.2) is 11.5 Å².